The molecule has 0 spiro atoms. The van der Waals surface area contributed by atoms with Gasteiger partial charge in [0.05, 0.1) is 29.2 Å². The van der Waals surface area contributed by atoms with Crippen molar-refractivity contribution in [3.63, 3.8) is 0 Å². The minimum Gasteiger partial charge on any atom is -0.462 e. The number of rotatable bonds is 7. The number of aromatic nitrogens is 3. The molecular formula is C36H30N6O4S3. The minimum atomic E-state index is -0.441. The number of thiazole rings is 1. The summed E-state index contributed by atoms with van der Waals surface area (Å²) in [5, 5.41) is 3.21. The fraction of sp³-hybridized carbons (Fsp3) is 0.139. The van der Waals surface area contributed by atoms with Crippen molar-refractivity contribution in [3.05, 3.63) is 133 Å². The highest BCUT2D eigenvalue weighted by atomic mass is 32.2. The molecule has 1 saturated heterocycles. The quantitative estimate of drug-likeness (QED) is 0.126. The molecule has 5 aromatic rings. The number of anilines is 2. The lowest BCUT2D eigenvalue weighted by Gasteiger charge is -2.22. The van der Waals surface area contributed by atoms with Crippen LogP contribution in [0.1, 0.15) is 19.5 Å². The summed E-state index contributed by atoms with van der Waals surface area (Å²) in [7, 11) is 1.85. The average molecular weight is 707 g/mol. The van der Waals surface area contributed by atoms with Gasteiger partial charge in [-0.2, -0.15) is 4.99 Å². The van der Waals surface area contributed by atoms with Crippen LogP contribution in [-0.4, -0.2) is 38.0 Å². The summed E-state index contributed by atoms with van der Waals surface area (Å²) < 4.78 is 8.81. The molecule has 0 atom stereocenters. The smallest absolute Gasteiger partial charge is 0.346 e. The van der Waals surface area contributed by atoms with Gasteiger partial charge in [0.2, 0.25) is 5.13 Å². The Hall–Kier alpha value is -5.11. The lowest BCUT2D eigenvalue weighted by molar-refractivity contribution is -0.137. The van der Waals surface area contributed by atoms with E-state index in [1.165, 1.54) is 34.9 Å². The number of allylic oxidation sites excluding steroid dienone is 1. The third-order valence-corrected chi connectivity index (χ3v) is 11.2. The molecule has 10 nitrogen and oxygen atoms in total. The van der Waals surface area contributed by atoms with Gasteiger partial charge in [0.1, 0.15) is 14.8 Å². The number of carbonyl (C=O) groups excluding carboxylic acids is 2. The highest BCUT2D eigenvalue weighted by molar-refractivity contribution is 8.20. The molecule has 7 rings (SSSR count). The average Bonchev–Trinajstić information content (AvgIpc) is 3.85. The number of amides is 1. The van der Waals surface area contributed by atoms with Gasteiger partial charge < -0.3 is 9.64 Å². The monoisotopic (exact) mass is 706 g/mol. The van der Waals surface area contributed by atoms with Gasteiger partial charge in [0, 0.05) is 29.5 Å². The number of hydrogen-bond acceptors (Lipinski definition) is 10. The van der Waals surface area contributed by atoms with Crippen LogP contribution >= 0.6 is 34.9 Å². The first-order valence-corrected chi connectivity index (χ1v) is 17.9. The zero-order chi connectivity index (χ0) is 34.2. The third-order valence-electron chi connectivity index (χ3n) is 8.03. The minimum absolute atomic E-state index is 0.182. The summed E-state index contributed by atoms with van der Waals surface area (Å²) >= 11 is 3.73. The number of esters is 1. The maximum atomic E-state index is 14.4. The van der Waals surface area contributed by atoms with Gasteiger partial charge in [-0.15, -0.1) is 11.3 Å². The molecule has 0 aliphatic carbocycles. The van der Waals surface area contributed by atoms with E-state index in [1.54, 1.807) is 16.5 Å². The van der Waals surface area contributed by atoms with Gasteiger partial charge in [0.25, 0.3) is 11.5 Å². The summed E-state index contributed by atoms with van der Waals surface area (Å²) in [5.41, 5.74) is 4.46. The van der Waals surface area contributed by atoms with Crippen molar-refractivity contribution in [1.82, 2.24) is 14.3 Å². The maximum Gasteiger partial charge on any atom is 0.346 e. The van der Waals surface area contributed by atoms with E-state index in [0.29, 0.717) is 47.8 Å². The molecule has 2 aliphatic heterocycles. The number of thioether (sulfide) groups is 2. The Morgan fingerprint density at radius 2 is 1.43 bits per heavy atom. The Labute approximate surface area is 295 Å². The first-order valence-electron chi connectivity index (χ1n) is 15.4. The molecule has 0 saturated carbocycles. The summed E-state index contributed by atoms with van der Waals surface area (Å²) in [5.74, 6) is -0.721. The highest BCUT2D eigenvalue weighted by Crippen LogP contribution is 2.50. The molecule has 2 aliphatic rings. The molecule has 13 heteroatoms. The summed E-state index contributed by atoms with van der Waals surface area (Å²) in [6, 6.07) is 28.4. The molecule has 1 amide bonds. The zero-order valence-corrected chi connectivity index (χ0v) is 29.4. The van der Waals surface area contributed by atoms with Crippen LogP contribution in [0.25, 0.3) is 16.9 Å². The topological polar surface area (TPSA) is 102 Å². The van der Waals surface area contributed by atoms with Gasteiger partial charge >= 0.3 is 5.97 Å². The van der Waals surface area contributed by atoms with Crippen LogP contribution in [0.4, 0.5) is 16.5 Å². The molecule has 49 heavy (non-hydrogen) atoms. The third kappa shape index (κ3) is 5.83. The largest absolute Gasteiger partial charge is 0.462 e. The molecule has 0 bridgehead atoms. The molecule has 0 N–H and O–H groups in total. The molecular weight excluding hydrogens is 677 g/mol. The van der Waals surface area contributed by atoms with E-state index in [9.17, 15) is 14.4 Å². The number of amidine groups is 1. The lowest BCUT2D eigenvalue weighted by Crippen LogP contribution is -2.29. The van der Waals surface area contributed by atoms with Crippen LogP contribution in [0.5, 0.6) is 0 Å². The van der Waals surface area contributed by atoms with E-state index >= 15 is 0 Å². The Balaban J connectivity index is 1.32. The Kier molecular flexibility index (Phi) is 8.88. The Bertz CT molecular complexity index is 2240. The maximum absolute atomic E-state index is 14.4. The van der Waals surface area contributed by atoms with Crippen LogP contribution in [-0.2, 0) is 21.4 Å². The van der Waals surface area contributed by atoms with Crippen LogP contribution < -0.4 is 15.4 Å². The summed E-state index contributed by atoms with van der Waals surface area (Å²) in [6.07, 6.45) is 0. The van der Waals surface area contributed by atoms with Crippen molar-refractivity contribution in [1.29, 1.82) is 0 Å². The normalized spacial score (nSPS) is 17.1. The van der Waals surface area contributed by atoms with E-state index < -0.39 is 5.97 Å². The molecule has 1 fully saturated rings. The SMILES string of the molecule is CCOC(=O)C1=C(C)N(c2ccccc2)/C(=C2\S/C(=N/c3nc(-c4c(C)n(C)n(-c5ccccc5)c4=O)cs3)N(c3ccccc3)C2=O)S1. The molecule has 3 aromatic carbocycles. The second-order valence-electron chi connectivity index (χ2n) is 11.0. The number of hydrogen-bond donors (Lipinski definition) is 0. The lowest BCUT2D eigenvalue weighted by atomic mass is 10.2. The summed E-state index contributed by atoms with van der Waals surface area (Å²) in [4.78, 5) is 55.1. The van der Waals surface area contributed by atoms with E-state index in [-0.39, 0.29) is 18.1 Å². The highest BCUT2D eigenvalue weighted by Gasteiger charge is 2.42. The van der Waals surface area contributed by atoms with Gasteiger partial charge in [-0.05, 0) is 68.9 Å². The van der Waals surface area contributed by atoms with E-state index in [0.717, 1.165) is 17.1 Å². The fourth-order valence-corrected chi connectivity index (χ4v) is 8.67. The van der Waals surface area contributed by atoms with Crippen molar-refractivity contribution in [3.8, 4) is 16.9 Å². The number of aliphatic imine (C=N–C) groups is 1. The number of nitrogens with zero attached hydrogens (tertiary/aromatic N) is 6. The van der Waals surface area contributed by atoms with Gasteiger partial charge in [-0.3, -0.25) is 19.2 Å². The number of carbonyl (C=O) groups is 2. The Morgan fingerprint density at radius 1 is 0.837 bits per heavy atom. The molecule has 246 valence electrons. The van der Waals surface area contributed by atoms with Crippen LogP contribution in [0.3, 0.4) is 0 Å². The van der Waals surface area contributed by atoms with Crippen molar-refractivity contribution in [2.75, 3.05) is 16.4 Å². The van der Waals surface area contributed by atoms with Crippen LogP contribution in [0, 0.1) is 6.92 Å². The number of para-hydroxylation sites is 3. The van der Waals surface area contributed by atoms with E-state index in [4.69, 9.17) is 14.7 Å². The van der Waals surface area contributed by atoms with Crippen molar-refractivity contribution in [2.24, 2.45) is 12.0 Å². The van der Waals surface area contributed by atoms with Crippen LogP contribution in [0.2, 0.25) is 0 Å². The number of benzene rings is 3. The molecule has 0 radical (unpaired) electrons. The fourth-order valence-electron chi connectivity index (χ4n) is 5.65. The first kappa shape index (κ1) is 32.4. The van der Waals surface area contributed by atoms with Crippen molar-refractivity contribution in [2.45, 2.75) is 20.8 Å². The van der Waals surface area contributed by atoms with Crippen LogP contribution in [0.15, 0.2) is 127 Å². The molecule has 0 unspecified atom stereocenters. The van der Waals surface area contributed by atoms with E-state index in [1.807, 2.05) is 127 Å². The Morgan fingerprint density at radius 3 is 2.04 bits per heavy atom. The zero-order valence-electron chi connectivity index (χ0n) is 27.0. The molecule has 2 aromatic heterocycles. The first-order chi connectivity index (χ1) is 23.8. The summed E-state index contributed by atoms with van der Waals surface area (Å²) in [6.45, 7) is 5.74. The predicted octanol–water partition coefficient (Wildman–Crippen LogP) is 7.59. The predicted molar refractivity (Wildman–Crippen MR) is 198 cm³/mol. The van der Waals surface area contributed by atoms with Gasteiger partial charge in [-0.1, -0.05) is 66.4 Å². The van der Waals surface area contributed by atoms with Gasteiger partial charge in [0.15, 0.2) is 5.17 Å². The molecule has 4 heterocycles. The van der Waals surface area contributed by atoms with Crippen molar-refractivity contribution < 1.29 is 14.3 Å². The second-order valence-corrected chi connectivity index (χ2v) is 13.8. The number of ether oxygens (including phenoxy) is 1. The standard InChI is InChI=1S/C36H30N6O4S3/c1-5-46-34(45)29-23(3)40(24-15-9-6-10-16-24)33(48-29)30-32(44)41(25-17-11-7-12-18-25)36(49-30)38-35-37-27(21-47-35)28-22(2)39(4)42(31(28)43)26-19-13-8-14-20-26/h6-21H,5H2,1-4H3/b33-30+,38-36+. The van der Waals surface area contributed by atoms with Crippen molar-refractivity contribution >= 4 is 68.4 Å². The van der Waals surface area contributed by atoms with E-state index in [2.05, 4.69) is 0 Å². The second kappa shape index (κ2) is 13.4. The van der Waals surface area contributed by atoms with Gasteiger partial charge in [-0.25, -0.2) is 14.5 Å².